The molecule has 0 fully saturated rings. The zero-order valence-electron chi connectivity index (χ0n) is 12.3. The lowest BCUT2D eigenvalue weighted by molar-refractivity contribution is -0.139. The van der Waals surface area contributed by atoms with Gasteiger partial charge in [0.15, 0.2) is 11.0 Å². The van der Waals surface area contributed by atoms with Crippen LogP contribution in [0.2, 0.25) is 0 Å². The van der Waals surface area contributed by atoms with Crippen LogP contribution in [0.1, 0.15) is 20.3 Å². The normalized spacial score (nSPS) is 10.6. The number of esters is 1. The van der Waals surface area contributed by atoms with Crippen molar-refractivity contribution in [3.8, 4) is 11.4 Å². The van der Waals surface area contributed by atoms with Gasteiger partial charge in [-0.05, 0) is 13.3 Å². The highest BCUT2D eigenvalue weighted by molar-refractivity contribution is 7.99. The number of ether oxygens (including phenoxy) is 1. The van der Waals surface area contributed by atoms with Crippen LogP contribution in [-0.4, -0.2) is 33.1 Å². The number of rotatable bonds is 7. The van der Waals surface area contributed by atoms with Crippen molar-refractivity contribution in [2.45, 2.75) is 32.0 Å². The minimum absolute atomic E-state index is 0.227. The Kier molecular flexibility index (Phi) is 5.80. The van der Waals surface area contributed by atoms with E-state index < -0.39 is 0 Å². The Balaban J connectivity index is 2.19. The summed E-state index contributed by atoms with van der Waals surface area (Å²) in [6.45, 7) is 5.13. The molecule has 21 heavy (non-hydrogen) atoms. The van der Waals surface area contributed by atoms with Crippen LogP contribution >= 0.6 is 11.8 Å². The Labute approximate surface area is 128 Å². The van der Waals surface area contributed by atoms with E-state index >= 15 is 0 Å². The lowest BCUT2D eigenvalue weighted by Gasteiger charge is -2.08. The molecule has 2 rings (SSSR count). The number of aromatic nitrogens is 3. The summed E-state index contributed by atoms with van der Waals surface area (Å²) in [5.41, 5.74) is 1.03. The Morgan fingerprint density at radius 3 is 2.67 bits per heavy atom. The third-order valence-corrected chi connectivity index (χ3v) is 3.76. The van der Waals surface area contributed by atoms with Crippen LogP contribution in [0.15, 0.2) is 35.5 Å². The highest BCUT2D eigenvalue weighted by Gasteiger charge is 2.15. The molecule has 5 nitrogen and oxygen atoms in total. The molecule has 0 saturated heterocycles. The van der Waals surface area contributed by atoms with Gasteiger partial charge >= 0.3 is 5.97 Å². The lowest BCUT2D eigenvalue weighted by atomic mass is 10.2. The van der Waals surface area contributed by atoms with E-state index in [9.17, 15) is 4.79 Å². The summed E-state index contributed by atoms with van der Waals surface area (Å²) in [4.78, 5) is 11.5. The first-order chi connectivity index (χ1) is 10.3. The minimum atomic E-state index is -0.227. The Morgan fingerprint density at radius 2 is 2.00 bits per heavy atom. The quantitative estimate of drug-likeness (QED) is 0.581. The molecule has 0 atom stereocenters. The highest BCUT2D eigenvalue weighted by Crippen LogP contribution is 2.24. The monoisotopic (exact) mass is 305 g/mol. The van der Waals surface area contributed by atoms with E-state index in [-0.39, 0.29) is 11.7 Å². The summed E-state index contributed by atoms with van der Waals surface area (Å²) < 4.78 is 6.99. The SMILES string of the molecule is CCCn1c(SCC(=O)OCC)nnc1-c1ccccc1. The second-order valence-electron chi connectivity index (χ2n) is 4.42. The zero-order valence-corrected chi connectivity index (χ0v) is 13.1. The Hall–Kier alpha value is -1.82. The Morgan fingerprint density at radius 1 is 1.24 bits per heavy atom. The number of carbonyl (C=O) groups is 1. The lowest BCUT2D eigenvalue weighted by Crippen LogP contribution is -2.08. The van der Waals surface area contributed by atoms with Gasteiger partial charge < -0.3 is 9.30 Å². The third-order valence-electron chi connectivity index (χ3n) is 2.82. The summed E-state index contributed by atoms with van der Waals surface area (Å²) in [6.07, 6.45) is 0.977. The molecule has 112 valence electrons. The second-order valence-corrected chi connectivity index (χ2v) is 5.36. The van der Waals surface area contributed by atoms with Gasteiger partial charge in [-0.2, -0.15) is 0 Å². The second kappa shape index (κ2) is 7.83. The van der Waals surface area contributed by atoms with Crippen molar-refractivity contribution in [1.82, 2.24) is 14.8 Å². The van der Waals surface area contributed by atoms with E-state index in [4.69, 9.17) is 4.74 Å². The Bertz CT molecular complexity index is 584. The van der Waals surface area contributed by atoms with Crippen molar-refractivity contribution >= 4 is 17.7 Å². The molecule has 6 heteroatoms. The average Bonchev–Trinajstić information content (AvgIpc) is 2.90. The molecule has 0 amide bonds. The highest BCUT2D eigenvalue weighted by atomic mass is 32.2. The fourth-order valence-electron chi connectivity index (χ4n) is 1.95. The predicted molar refractivity (Wildman–Crippen MR) is 83.1 cm³/mol. The molecular formula is C15H19N3O2S. The van der Waals surface area contributed by atoms with Crippen LogP contribution in [0.3, 0.4) is 0 Å². The van der Waals surface area contributed by atoms with Gasteiger partial charge in [-0.1, -0.05) is 49.0 Å². The molecule has 0 aliphatic rings. The molecule has 0 aliphatic heterocycles. The largest absolute Gasteiger partial charge is 0.465 e. The van der Waals surface area contributed by atoms with Crippen LogP contribution in [-0.2, 0) is 16.1 Å². The topological polar surface area (TPSA) is 57.0 Å². The number of hydrogen-bond acceptors (Lipinski definition) is 5. The van der Waals surface area contributed by atoms with Gasteiger partial charge in [-0.3, -0.25) is 4.79 Å². The molecule has 2 aromatic rings. The van der Waals surface area contributed by atoms with Crippen LogP contribution in [0.4, 0.5) is 0 Å². The molecule has 1 aromatic heterocycles. The van der Waals surface area contributed by atoms with Gasteiger partial charge in [0.05, 0.1) is 12.4 Å². The average molecular weight is 305 g/mol. The number of hydrogen-bond donors (Lipinski definition) is 0. The van der Waals surface area contributed by atoms with Gasteiger partial charge in [0, 0.05) is 12.1 Å². The predicted octanol–water partition coefficient (Wildman–Crippen LogP) is 3.01. The zero-order chi connectivity index (χ0) is 15.1. The minimum Gasteiger partial charge on any atom is -0.465 e. The van der Waals surface area contributed by atoms with Crippen LogP contribution in [0.5, 0.6) is 0 Å². The van der Waals surface area contributed by atoms with E-state index in [0.29, 0.717) is 6.61 Å². The maximum absolute atomic E-state index is 11.5. The maximum Gasteiger partial charge on any atom is 0.316 e. The van der Waals surface area contributed by atoms with Crippen molar-refractivity contribution in [2.75, 3.05) is 12.4 Å². The van der Waals surface area contributed by atoms with Crippen molar-refractivity contribution < 1.29 is 9.53 Å². The molecule has 0 aliphatic carbocycles. The van der Waals surface area contributed by atoms with E-state index in [1.54, 1.807) is 6.92 Å². The van der Waals surface area contributed by atoms with E-state index in [2.05, 4.69) is 21.7 Å². The molecule has 0 spiro atoms. The molecule has 0 unspecified atom stereocenters. The van der Waals surface area contributed by atoms with Gasteiger partial charge in [0.25, 0.3) is 0 Å². The van der Waals surface area contributed by atoms with Crippen molar-refractivity contribution in [2.24, 2.45) is 0 Å². The van der Waals surface area contributed by atoms with Crippen molar-refractivity contribution in [3.63, 3.8) is 0 Å². The van der Waals surface area contributed by atoms with Gasteiger partial charge in [-0.15, -0.1) is 10.2 Å². The summed E-state index contributed by atoms with van der Waals surface area (Å²) in [5, 5.41) is 9.23. The van der Waals surface area contributed by atoms with Crippen LogP contribution in [0.25, 0.3) is 11.4 Å². The summed E-state index contributed by atoms with van der Waals surface area (Å²) >= 11 is 1.37. The standard InChI is InChI=1S/C15H19N3O2S/c1-3-10-18-14(12-8-6-5-7-9-12)16-17-15(18)21-11-13(19)20-4-2/h5-9H,3-4,10-11H2,1-2H3. The number of thioether (sulfide) groups is 1. The van der Waals surface area contributed by atoms with Gasteiger partial charge in [0.2, 0.25) is 0 Å². The number of carbonyl (C=O) groups excluding carboxylic acids is 1. The van der Waals surface area contributed by atoms with E-state index in [1.165, 1.54) is 11.8 Å². The molecule has 1 heterocycles. The maximum atomic E-state index is 11.5. The third kappa shape index (κ3) is 4.07. The molecular weight excluding hydrogens is 286 g/mol. The number of nitrogens with zero attached hydrogens (tertiary/aromatic N) is 3. The van der Waals surface area contributed by atoms with Gasteiger partial charge in [-0.25, -0.2) is 0 Å². The van der Waals surface area contributed by atoms with E-state index in [1.807, 2.05) is 30.3 Å². The molecule has 0 saturated carbocycles. The summed E-state index contributed by atoms with van der Waals surface area (Å²) in [5.74, 6) is 0.864. The molecule has 0 radical (unpaired) electrons. The summed E-state index contributed by atoms with van der Waals surface area (Å²) in [6, 6.07) is 9.95. The molecule has 1 aromatic carbocycles. The van der Waals surface area contributed by atoms with Crippen LogP contribution < -0.4 is 0 Å². The molecule has 0 bridgehead atoms. The van der Waals surface area contributed by atoms with E-state index in [0.717, 1.165) is 29.5 Å². The van der Waals surface area contributed by atoms with Gasteiger partial charge in [0.1, 0.15) is 0 Å². The van der Waals surface area contributed by atoms with Crippen LogP contribution in [0, 0.1) is 0 Å². The van der Waals surface area contributed by atoms with Crippen molar-refractivity contribution in [3.05, 3.63) is 30.3 Å². The smallest absolute Gasteiger partial charge is 0.316 e. The molecule has 0 N–H and O–H groups in total. The first kappa shape index (κ1) is 15.6. The number of benzene rings is 1. The van der Waals surface area contributed by atoms with Crippen molar-refractivity contribution in [1.29, 1.82) is 0 Å². The first-order valence-corrected chi connectivity index (χ1v) is 8.01. The fourth-order valence-corrected chi connectivity index (χ4v) is 2.71. The summed E-state index contributed by atoms with van der Waals surface area (Å²) in [7, 11) is 0. The fraction of sp³-hybridized carbons (Fsp3) is 0.400. The first-order valence-electron chi connectivity index (χ1n) is 7.03.